The molecule has 0 amide bonds. The normalized spacial score (nSPS) is 34.7. The van der Waals surface area contributed by atoms with E-state index in [2.05, 4.69) is 17.4 Å². The number of hydrogen-bond donors (Lipinski definition) is 1. The fraction of sp³-hybridized carbons (Fsp3) is 0.917. The Kier molecular flexibility index (Phi) is 3.01. The van der Waals surface area contributed by atoms with Gasteiger partial charge in [-0.05, 0) is 45.4 Å². The van der Waals surface area contributed by atoms with E-state index in [-0.39, 0.29) is 5.66 Å². The van der Waals surface area contributed by atoms with Crippen LogP contribution in [-0.4, -0.2) is 11.6 Å². The molecule has 86 valence electrons. The van der Waals surface area contributed by atoms with Crippen molar-refractivity contribution in [2.75, 3.05) is 0 Å². The second-order valence-electron chi connectivity index (χ2n) is 5.34. The molecule has 0 atom stereocenters. The summed E-state index contributed by atoms with van der Waals surface area (Å²) >= 11 is 0. The molecular formula is C12H22N2O. The number of aliphatic imine (C=N–C) groups is 1. The van der Waals surface area contributed by atoms with Crippen molar-refractivity contribution < 1.29 is 4.84 Å². The van der Waals surface area contributed by atoms with Crippen molar-refractivity contribution in [2.45, 2.75) is 58.5 Å². The fourth-order valence-electron chi connectivity index (χ4n) is 2.49. The van der Waals surface area contributed by atoms with Crippen LogP contribution < -0.4 is 5.48 Å². The highest BCUT2D eigenvalue weighted by molar-refractivity contribution is 5.80. The van der Waals surface area contributed by atoms with Crippen LogP contribution in [0, 0.1) is 11.8 Å². The summed E-state index contributed by atoms with van der Waals surface area (Å²) in [6.07, 6.45) is 6.49. The molecule has 3 heteroatoms. The van der Waals surface area contributed by atoms with Gasteiger partial charge >= 0.3 is 0 Å². The lowest BCUT2D eigenvalue weighted by Gasteiger charge is -2.26. The highest BCUT2D eigenvalue weighted by atomic mass is 16.7. The summed E-state index contributed by atoms with van der Waals surface area (Å²) in [7, 11) is 0. The van der Waals surface area contributed by atoms with Gasteiger partial charge < -0.3 is 4.84 Å². The first kappa shape index (κ1) is 10.9. The van der Waals surface area contributed by atoms with Crippen LogP contribution in [-0.2, 0) is 4.84 Å². The summed E-state index contributed by atoms with van der Waals surface area (Å²) in [5.74, 6) is 2.43. The van der Waals surface area contributed by atoms with Gasteiger partial charge in [0.15, 0.2) is 0 Å². The van der Waals surface area contributed by atoms with Crippen LogP contribution in [0.4, 0.5) is 0 Å². The SMILES string of the molecule is CCC1CCC(C2=NC(C)(C)NO2)CC1. The molecule has 1 heterocycles. The zero-order valence-electron chi connectivity index (χ0n) is 10.0. The van der Waals surface area contributed by atoms with Gasteiger partial charge in [0.25, 0.3) is 0 Å². The average Bonchev–Trinajstić information content (AvgIpc) is 2.59. The third-order valence-electron chi connectivity index (χ3n) is 3.57. The molecule has 15 heavy (non-hydrogen) atoms. The van der Waals surface area contributed by atoms with Crippen molar-refractivity contribution in [3.63, 3.8) is 0 Å². The smallest absolute Gasteiger partial charge is 0.214 e. The minimum Gasteiger partial charge on any atom is -0.391 e. The third kappa shape index (κ3) is 2.51. The van der Waals surface area contributed by atoms with Gasteiger partial charge in [-0.25, -0.2) is 4.99 Å². The van der Waals surface area contributed by atoms with E-state index in [0.29, 0.717) is 5.92 Å². The lowest BCUT2D eigenvalue weighted by Crippen LogP contribution is -2.31. The summed E-state index contributed by atoms with van der Waals surface area (Å²) in [5.41, 5.74) is 2.74. The van der Waals surface area contributed by atoms with Gasteiger partial charge in [0.2, 0.25) is 5.90 Å². The van der Waals surface area contributed by atoms with Crippen molar-refractivity contribution in [3.05, 3.63) is 0 Å². The van der Waals surface area contributed by atoms with Crippen molar-refractivity contribution in [2.24, 2.45) is 16.8 Å². The molecule has 0 aromatic heterocycles. The maximum absolute atomic E-state index is 5.48. The standard InChI is InChI=1S/C12H22N2O/c1-4-9-5-7-10(8-6-9)11-13-12(2,3)14-15-11/h9-10,14H,4-8H2,1-3H3. The summed E-state index contributed by atoms with van der Waals surface area (Å²) in [6.45, 7) is 6.37. The van der Waals surface area contributed by atoms with Crippen LogP contribution in [0.25, 0.3) is 0 Å². The molecular weight excluding hydrogens is 188 g/mol. The first-order valence-electron chi connectivity index (χ1n) is 6.14. The predicted octanol–water partition coefficient (Wildman–Crippen LogP) is 2.87. The van der Waals surface area contributed by atoms with E-state index in [0.717, 1.165) is 11.8 Å². The molecule has 0 unspecified atom stereocenters. The average molecular weight is 210 g/mol. The molecule has 0 spiro atoms. The van der Waals surface area contributed by atoms with Gasteiger partial charge in [0, 0.05) is 5.92 Å². The molecule has 0 aromatic rings. The summed E-state index contributed by atoms with van der Waals surface area (Å²) in [5, 5.41) is 0. The molecule has 1 fully saturated rings. The van der Waals surface area contributed by atoms with E-state index in [1.165, 1.54) is 32.1 Å². The molecule has 3 nitrogen and oxygen atoms in total. The number of hydroxylamine groups is 1. The van der Waals surface area contributed by atoms with E-state index in [1.807, 2.05) is 13.8 Å². The summed E-state index contributed by atoms with van der Waals surface area (Å²) < 4.78 is 0. The molecule has 0 aromatic carbocycles. The van der Waals surface area contributed by atoms with E-state index in [4.69, 9.17) is 4.84 Å². The zero-order chi connectivity index (χ0) is 10.9. The third-order valence-corrected chi connectivity index (χ3v) is 3.57. The maximum Gasteiger partial charge on any atom is 0.214 e. The molecule has 1 N–H and O–H groups in total. The first-order chi connectivity index (χ1) is 7.11. The molecule has 1 saturated carbocycles. The highest BCUT2D eigenvalue weighted by Crippen LogP contribution is 2.33. The second-order valence-corrected chi connectivity index (χ2v) is 5.34. The first-order valence-corrected chi connectivity index (χ1v) is 6.14. The lowest BCUT2D eigenvalue weighted by molar-refractivity contribution is 0.126. The summed E-state index contributed by atoms with van der Waals surface area (Å²) in [4.78, 5) is 10.1. The van der Waals surface area contributed by atoms with Crippen LogP contribution in [0.15, 0.2) is 4.99 Å². The van der Waals surface area contributed by atoms with Gasteiger partial charge in [0.1, 0.15) is 5.66 Å². The van der Waals surface area contributed by atoms with Crippen LogP contribution in [0.1, 0.15) is 52.9 Å². The van der Waals surface area contributed by atoms with E-state index in [9.17, 15) is 0 Å². The Morgan fingerprint density at radius 2 is 2.00 bits per heavy atom. The largest absolute Gasteiger partial charge is 0.391 e. The molecule has 1 aliphatic heterocycles. The van der Waals surface area contributed by atoms with E-state index < -0.39 is 0 Å². The molecule has 1 aliphatic carbocycles. The minimum atomic E-state index is -0.225. The van der Waals surface area contributed by atoms with Gasteiger partial charge in [-0.3, -0.25) is 0 Å². The van der Waals surface area contributed by atoms with Crippen LogP contribution in [0.5, 0.6) is 0 Å². The second kappa shape index (κ2) is 4.12. The fourth-order valence-corrected chi connectivity index (χ4v) is 2.49. The maximum atomic E-state index is 5.48. The van der Waals surface area contributed by atoms with Crippen molar-refractivity contribution in [1.82, 2.24) is 5.48 Å². The summed E-state index contributed by atoms with van der Waals surface area (Å²) in [6, 6.07) is 0. The Morgan fingerprint density at radius 3 is 2.47 bits per heavy atom. The zero-order valence-corrected chi connectivity index (χ0v) is 10.0. The van der Waals surface area contributed by atoms with Crippen molar-refractivity contribution >= 4 is 5.90 Å². The van der Waals surface area contributed by atoms with Crippen LogP contribution >= 0.6 is 0 Å². The molecule has 2 aliphatic rings. The number of nitrogens with one attached hydrogen (secondary N) is 1. The number of rotatable bonds is 2. The van der Waals surface area contributed by atoms with Gasteiger partial charge in [-0.15, -0.1) is 5.48 Å². The van der Waals surface area contributed by atoms with Crippen LogP contribution in [0.3, 0.4) is 0 Å². The Morgan fingerprint density at radius 1 is 1.33 bits per heavy atom. The topological polar surface area (TPSA) is 33.6 Å². The van der Waals surface area contributed by atoms with Crippen molar-refractivity contribution in [3.8, 4) is 0 Å². The van der Waals surface area contributed by atoms with E-state index in [1.54, 1.807) is 0 Å². The Hall–Kier alpha value is -0.570. The van der Waals surface area contributed by atoms with E-state index >= 15 is 0 Å². The van der Waals surface area contributed by atoms with Gasteiger partial charge in [-0.2, -0.15) is 0 Å². The Bertz CT molecular complexity index is 252. The molecule has 0 saturated heterocycles. The quantitative estimate of drug-likeness (QED) is 0.760. The predicted molar refractivity (Wildman–Crippen MR) is 61.5 cm³/mol. The lowest BCUT2D eigenvalue weighted by atomic mass is 9.81. The van der Waals surface area contributed by atoms with Crippen LogP contribution in [0.2, 0.25) is 0 Å². The van der Waals surface area contributed by atoms with Gasteiger partial charge in [0.05, 0.1) is 0 Å². The Labute approximate surface area is 92.3 Å². The molecule has 2 rings (SSSR count). The monoisotopic (exact) mass is 210 g/mol. The Balaban J connectivity index is 1.91. The minimum absolute atomic E-state index is 0.225. The van der Waals surface area contributed by atoms with Crippen molar-refractivity contribution in [1.29, 1.82) is 0 Å². The van der Waals surface area contributed by atoms with Gasteiger partial charge in [-0.1, -0.05) is 13.3 Å². The molecule has 0 radical (unpaired) electrons. The highest BCUT2D eigenvalue weighted by Gasteiger charge is 2.32. The number of nitrogens with zero attached hydrogens (tertiary/aromatic N) is 1. The number of hydrogen-bond acceptors (Lipinski definition) is 3. The molecule has 0 bridgehead atoms.